The van der Waals surface area contributed by atoms with Crippen LogP contribution in [0.1, 0.15) is 80.6 Å². The van der Waals surface area contributed by atoms with Crippen molar-refractivity contribution in [2.24, 2.45) is 28.6 Å². The van der Waals surface area contributed by atoms with Crippen LogP contribution in [0.4, 0.5) is 0 Å². The van der Waals surface area contributed by atoms with Crippen LogP contribution in [-0.2, 0) is 47.7 Å². The first-order valence-corrected chi connectivity index (χ1v) is 15.4. The van der Waals surface area contributed by atoms with Gasteiger partial charge in [-0.3, -0.25) is 19.2 Å². The van der Waals surface area contributed by atoms with Crippen LogP contribution in [0.3, 0.4) is 0 Å². The van der Waals surface area contributed by atoms with Gasteiger partial charge in [0.25, 0.3) is 0 Å². The van der Waals surface area contributed by atoms with Crippen molar-refractivity contribution in [2.75, 3.05) is 19.1 Å². The number of alkyl halides is 1. The number of cyclic esters (lactones) is 1. The van der Waals surface area contributed by atoms with Crippen molar-refractivity contribution in [3.8, 4) is 0 Å². The molecule has 0 spiro atoms. The topological polar surface area (TPSA) is 152 Å². The summed E-state index contributed by atoms with van der Waals surface area (Å²) >= 11 is 6.50. The smallest absolute Gasteiger partial charge is 0.331 e. The highest BCUT2D eigenvalue weighted by molar-refractivity contribution is 6.18. The first-order valence-electron chi connectivity index (χ1n) is 14.9. The van der Waals surface area contributed by atoms with Gasteiger partial charge >= 0.3 is 29.8 Å². The molecule has 0 radical (unpaired) electrons. The first-order chi connectivity index (χ1) is 20.0. The standard InChI is InChI=1S/C31H45ClO11/c1-8-17(2)28(37)43-24(22-12-26(36)39-14-22)13-29(7)18(3)11-25(42-21(6)35)31(16-40-19(4)33)27(29)23(41-20(5)34)9-10-30(31,38)15-32/h12,17-18,23-25,27,38H,8-11,13-16H2,1-7H3. The van der Waals surface area contributed by atoms with Crippen LogP contribution in [0.5, 0.6) is 0 Å². The molecular weight excluding hydrogens is 584 g/mol. The summed E-state index contributed by atoms with van der Waals surface area (Å²) in [6.07, 6.45) is -0.0994. The van der Waals surface area contributed by atoms with Crippen molar-refractivity contribution in [1.82, 2.24) is 0 Å². The zero-order valence-electron chi connectivity index (χ0n) is 26.1. The van der Waals surface area contributed by atoms with E-state index in [0.29, 0.717) is 12.0 Å². The fraction of sp³-hybridized carbons (Fsp3) is 0.774. The Balaban J connectivity index is 2.27. The van der Waals surface area contributed by atoms with Gasteiger partial charge in [0, 0.05) is 38.3 Å². The van der Waals surface area contributed by atoms with E-state index in [4.69, 9.17) is 35.3 Å². The van der Waals surface area contributed by atoms with Crippen LogP contribution >= 0.6 is 11.6 Å². The molecule has 2 saturated carbocycles. The van der Waals surface area contributed by atoms with Gasteiger partial charge in [-0.2, -0.15) is 0 Å². The largest absolute Gasteiger partial charge is 0.465 e. The Morgan fingerprint density at radius 3 is 2.30 bits per heavy atom. The highest BCUT2D eigenvalue weighted by Gasteiger charge is 2.73. The second-order valence-corrected chi connectivity index (χ2v) is 12.9. The third-order valence-electron chi connectivity index (χ3n) is 9.97. The third-order valence-corrected chi connectivity index (χ3v) is 10.4. The Kier molecular flexibility index (Phi) is 11.0. The fourth-order valence-electron chi connectivity index (χ4n) is 7.42. The Labute approximate surface area is 257 Å². The van der Waals surface area contributed by atoms with Crippen molar-refractivity contribution < 1.29 is 52.8 Å². The normalized spacial score (nSPS) is 35.0. The third kappa shape index (κ3) is 6.87. The molecule has 242 valence electrons. The number of esters is 5. The van der Waals surface area contributed by atoms with Crippen LogP contribution < -0.4 is 0 Å². The van der Waals surface area contributed by atoms with E-state index in [1.165, 1.54) is 26.8 Å². The molecular formula is C31H45ClO11. The molecule has 0 amide bonds. The summed E-state index contributed by atoms with van der Waals surface area (Å²) in [7, 11) is 0. The molecule has 3 rings (SSSR count). The van der Waals surface area contributed by atoms with Gasteiger partial charge in [-0.25, -0.2) is 4.79 Å². The second kappa shape index (κ2) is 13.5. The molecule has 9 atom stereocenters. The molecule has 0 saturated heterocycles. The molecule has 0 aromatic heterocycles. The summed E-state index contributed by atoms with van der Waals surface area (Å²) in [6, 6.07) is 0. The van der Waals surface area contributed by atoms with Gasteiger partial charge < -0.3 is 28.8 Å². The van der Waals surface area contributed by atoms with E-state index in [1.54, 1.807) is 6.92 Å². The predicted octanol–water partition coefficient (Wildman–Crippen LogP) is 3.66. The van der Waals surface area contributed by atoms with Gasteiger partial charge in [-0.15, -0.1) is 11.6 Å². The van der Waals surface area contributed by atoms with Crippen LogP contribution in [0.2, 0.25) is 0 Å². The lowest BCUT2D eigenvalue weighted by atomic mass is 9.41. The van der Waals surface area contributed by atoms with Crippen LogP contribution in [0.15, 0.2) is 11.6 Å². The minimum Gasteiger partial charge on any atom is -0.465 e. The zero-order chi connectivity index (χ0) is 32.3. The average Bonchev–Trinajstić information content (AvgIpc) is 3.36. The number of hydrogen-bond donors (Lipinski definition) is 1. The summed E-state index contributed by atoms with van der Waals surface area (Å²) in [5, 5.41) is 12.3. The number of carbonyl (C=O) groups excluding carboxylic acids is 5. The van der Waals surface area contributed by atoms with Gasteiger partial charge in [0.2, 0.25) is 0 Å². The summed E-state index contributed by atoms with van der Waals surface area (Å²) < 4.78 is 28.6. The number of rotatable bonds is 11. The Morgan fingerprint density at radius 1 is 1.14 bits per heavy atom. The van der Waals surface area contributed by atoms with E-state index in [-0.39, 0.29) is 50.7 Å². The maximum Gasteiger partial charge on any atom is 0.331 e. The van der Waals surface area contributed by atoms with Gasteiger partial charge in [0.15, 0.2) is 0 Å². The quantitative estimate of drug-likeness (QED) is 0.203. The summed E-state index contributed by atoms with van der Waals surface area (Å²) in [4.78, 5) is 62.3. The number of carbonyl (C=O) groups is 5. The fourth-order valence-corrected chi connectivity index (χ4v) is 7.80. The Bertz CT molecular complexity index is 1140. The molecule has 1 aliphatic heterocycles. The lowest BCUT2D eigenvalue weighted by molar-refractivity contribution is -0.293. The molecule has 1 N–H and O–H groups in total. The molecule has 12 heteroatoms. The molecule has 0 aromatic carbocycles. The van der Waals surface area contributed by atoms with Gasteiger partial charge in [0.1, 0.15) is 31.5 Å². The minimum atomic E-state index is -1.71. The van der Waals surface area contributed by atoms with Crippen LogP contribution in [-0.4, -0.2) is 78.0 Å². The molecule has 2 fully saturated rings. The van der Waals surface area contributed by atoms with Crippen molar-refractivity contribution in [3.63, 3.8) is 0 Å². The number of fused-ring (bicyclic) bond motifs is 1. The van der Waals surface area contributed by atoms with Crippen molar-refractivity contribution in [1.29, 1.82) is 0 Å². The Morgan fingerprint density at radius 2 is 1.79 bits per heavy atom. The zero-order valence-corrected chi connectivity index (χ0v) is 26.9. The van der Waals surface area contributed by atoms with Crippen molar-refractivity contribution >= 4 is 41.4 Å². The number of halogens is 1. The van der Waals surface area contributed by atoms with E-state index in [1.807, 2.05) is 20.8 Å². The number of hydrogen-bond acceptors (Lipinski definition) is 11. The van der Waals surface area contributed by atoms with Crippen molar-refractivity contribution in [2.45, 2.75) is 104 Å². The van der Waals surface area contributed by atoms with E-state index >= 15 is 0 Å². The molecule has 3 aliphatic rings. The minimum absolute atomic E-state index is 0.0555. The molecule has 1 heterocycles. The molecule has 9 unspecified atom stereocenters. The van der Waals surface area contributed by atoms with E-state index < -0.39 is 76.4 Å². The molecule has 2 aliphatic carbocycles. The van der Waals surface area contributed by atoms with Gasteiger partial charge in [-0.1, -0.05) is 27.7 Å². The molecule has 0 bridgehead atoms. The number of aliphatic hydroxyl groups is 1. The SMILES string of the molecule is CCC(C)C(=O)OC(CC1(C)C(C)CC(OC(C)=O)C2(COC(C)=O)C1C(OC(C)=O)CCC2(O)CCl)C1=CC(=O)OC1. The van der Waals surface area contributed by atoms with E-state index in [2.05, 4.69) is 0 Å². The first kappa shape index (κ1) is 34.8. The second-order valence-electron chi connectivity index (χ2n) is 12.7. The van der Waals surface area contributed by atoms with Crippen LogP contribution in [0.25, 0.3) is 0 Å². The maximum atomic E-state index is 13.1. The summed E-state index contributed by atoms with van der Waals surface area (Å²) in [5.74, 6) is -4.50. The summed E-state index contributed by atoms with van der Waals surface area (Å²) in [5.41, 5.74) is -3.64. The predicted molar refractivity (Wildman–Crippen MR) is 153 cm³/mol. The molecule has 43 heavy (non-hydrogen) atoms. The van der Waals surface area contributed by atoms with E-state index in [9.17, 15) is 29.1 Å². The molecule has 11 nitrogen and oxygen atoms in total. The Hall–Kier alpha value is -2.66. The van der Waals surface area contributed by atoms with Crippen molar-refractivity contribution in [3.05, 3.63) is 11.6 Å². The highest BCUT2D eigenvalue weighted by atomic mass is 35.5. The monoisotopic (exact) mass is 628 g/mol. The molecule has 0 aromatic rings. The van der Waals surface area contributed by atoms with Gasteiger partial charge in [-0.05, 0) is 43.4 Å². The van der Waals surface area contributed by atoms with Gasteiger partial charge in [0.05, 0.1) is 22.8 Å². The average molecular weight is 629 g/mol. The van der Waals surface area contributed by atoms with E-state index in [0.717, 1.165) is 0 Å². The maximum absolute atomic E-state index is 13.1. The number of ether oxygens (including phenoxy) is 5. The summed E-state index contributed by atoms with van der Waals surface area (Å²) in [6.45, 7) is 10.9. The lowest BCUT2D eigenvalue weighted by Gasteiger charge is -2.67. The lowest BCUT2D eigenvalue weighted by Crippen LogP contribution is -2.74. The van der Waals surface area contributed by atoms with Crippen LogP contribution in [0, 0.1) is 28.6 Å². The highest BCUT2D eigenvalue weighted by Crippen LogP contribution is 2.66.